The van der Waals surface area contributed by atoms with Crippen LogP contribution in [-0.2, 0) is 21.4 Å². The van der Waals surface area contributed by atoms with Gasteiger partial charge in [0, 0.05) is 24.0 Å². The Hall–Kier alpha value is -4.17. The first-order valence-electron chi connectivity index (χ1n) is 14.6. The predicted octanol–water partition coefficient (Wildman–Crippen LogP) is 5.23. The number of amides is 1. The van der Waals surface area contributed by atoms with E-state index in [9.17, 15) is 35.6 Å². The van der Waals surface area contributed by atoms with Gasteiger partial charge >= 0.3 is 0 Å². The van der Waals surface area contributed by atoms with Crippen LogP contribution in [0.3, 0.4) is 0 Å². The number of carbonyl (C=O) groups excluding carboxylic acids is 1. The van der Waals surface area contributed by atoms with E-state index in [2.05, 4.69) is 15.0 Å². The van der Waals surface area contributed by atoms with Gasteiger partial charge in [0.1, 0.15) is 6.04 Å². The molecule has 1 amide bonds. The third kappa shape index (κ3) is 5.50. The fourth-order valence-electron chi connectivity index (χ4n) is 6.03. The highest BCUT2D eigenvalue weighted by Crippen LogP contribution is 2.36. The zero-order valence-electron chi connectivity index (χ0n) is 24.2. The van der Waals surface area contributed by atoms with E-state index >= 15 is 0 Å². The van der Waals surface area contributed by atoms with E-state index in [0.717, 1.165) is 38.2 Å². The number of sulfonamides is 1. The highest BCUT2D eigenvalue weighted by atomic mass is 32.2. The Bertz CT molecular complexity index is 1930. The van der Waals surface area contributed by atoms with Gasteiger partial charge in [-0.15, -0.1) is 0 Å². The molecule has 9 nitrogen and oxygen atoms in total. The van der Waals surface area contributed by atoms with Crippen molar-refractivity contribution in [3.63, 3.8) is 0 Å². The lowest BCUT2D eigenvalue weighted by atomic mass is 9.85. The summed E-state index contributed by atoms with van der Waals surface area (Å²) in [7, 11) is -5.18. The van der Waals surface area contributed by atoms with E-state index in [4.69, 9.17) is 0 Å². The lowest BCUT2D eigenvalue weighted by Gasteiger charge is -2.41. The quantitative estimate of drug-likeness (QED) is 0.218. The maximum Gasteiger partial charge on any atom is 0.258 e. The predicted molar refractivity (Wildman–Crippen MR) is 157 cm³/mol. The number of hydrogen-bond donors (Lipinski definition) is 1. The van der Waals surface area contributed by atoms with Crippen LogP contribution in [0.2, 0.25) is 0 Å². The Morgan fingerprint density at radius 3 is 2.31 bits per heavy atom. The van der Waals surface area contributed by atoms with Gasteiger partial charge in [0.15, 0.2) is 28.2 Å². The molecular formula is C31H29F4N5O4S. The maximum absolute atomic E-state index is 14.8. The molecule has 2 fully saturated rings. The van der Waals surface area contributed by atoms with Crippen molar-refractivity contribution in [2.75, 3.05) is 11.4 Å². The number of hydrogen-bond acceptors (Lipinski definition) is 6. The van der Waals surface area contributed by atoms with Crippen LogP contribution in [0, 0.1) is 30.2 Å². The molecule has 45 heavy (non-hydrogen) atoms. The van der Waals surface area contributed by atoms with Crippen molar-refractivity contribution in [1.82, 2.24) is 19.3 Å². The van der Waals surface area contributed by atoms with Crippen LogP contribution < -0.4 is 10.5 Å². The Kier molecular flexibility index (Phi) is 8.20. The number of aromatic nitrogens is 3. The van der Waals surface area contributed by atoms with Crippen molar-refractivity contribution >= 4 is 32.5 Å². The third-order valence-corrected chi connectivity index (χ3v) is 10.6. The van der Waals surface area contributed by atoms with Crippen LogP contribution >= 0.6 is 0 Å². The average molecular weight is 644 g/mol. The van der Waals surface area contributed by atoms with E-state index in [1.807, 2.05) is 6.07 Å². The SMILES string of the molecule is Cc1c(F)c(F)c(S(=O)(=O)N2CC[C@@H]2C(=O)N(Cc2ccc(C3CCCCC3)cn2)c2ccc3c(=O)[nH]cnc3c2)c(F)c1F. The Morgan fingerprint density at radius 2 is 1.69 bits per heavy atom. The summed E-state index contributed by atoms with van der Waals surface area (Å²) in [5.41, 5.74) is 0.693. The molecule has 1 saturated heterocycles. The molecule has 3 heterocycles. The summed E-state index contributed by atoms with van der Waals surface area (Å²) in [6.07, 6.45) is 8.57. The molecule has 4 aromatic rings. The molecular weight excluding hydrogens is 614 g/mol. The van der Waals surface area contributed by atoms with Crippen molar-refractivity contribution in [2.45, 2.75) is 68.8 Å². The van der Waals surface area contributed by atoms with Crippen molar-refractivity contribution in [3.05, 3.63) is 93.3 Å². The van der Waals surface area contributed by atoms with Gasteiger partial charge in [-0.2, -0.15) is 4.31 Å². The molecule has 0 bridgehead atoms. The highest BCUT2D eigenvalue weighted by Gasteiger charge is 2.47. The molecule has 0 spiro atoms. The number of aromatic amines is 1. The summed E-state index contributed by atoms with van der Waals surface area (Å²) < 4.78 is 85.5. The van der Waals surface area contributed by atoms with Crippen LogP contribution in [0.15, 0.2) is 52.5 Å². The lowest BCUT2D eigenvalue weighted by molar-refractivity contribution is -0.125. The van der Waals surface area contributed by atoms with E-state index in [1.165, 1.54) is 35.8 Å². The number of pyridine rings is 1. The van der Waals surface area contributed by atoms with Crippen molar-refractivity contribution in [3.8, 4) is 0 Å². The molecule has 1 atom stereocenters. The number of benzene rings is 2. The highest BCUT2D eigenvalue weighted by molar-refractivity contribution is 7.89. The standard InChI is InChI=1S/C31H29F4N5O4S/c1-17-25(32)27(34)29(28(35)26(17)33)45(43,44)40-12-11-24(40)31(42)39(21-9-10-22-23(13-21)37-16-38-30(22)41)15-20-8-7-19(14-36-20)18-5-3-2-4-6-18/h7-10,13-14,16,18,24H,2-6,11-12,15H2,1H3,(H,37,38,41)/t24-/m1/s1. The summed E-state index contributed by atoms with van der Waals surface area (Å²) in [5, 5.41) is 0.255. The van der Waals surface area contributed by atoms with Gasteiger partial charge < -0.3 is 9.88 Å². The van der Waals surface area contributed by atoms with Crippen LogP contribution in [0.5, 0.6) is 0 Å². The van der Waals surface area contributed by atoms with Gasteiger partial charge in [0.25, 0.3) is 5.56 Å². The summed E-state index contributed by atoms with van der Waals surface area (Å²) in [4.78, 5) is 37.0. The first-order valence-corrected chi connectivity index (χ1v) is 16.0. The molecule has 1 N–H and O–H groups in total. The van der Waals surface area contributed by atoms with E-state index < -0.39 is 61.3 Å². The number of fused-ring (bicyclic) bond motifs is 1. The van der Waals surface area contributed by atoms with Gasteiger partial charge in [-0.25, -0.2) is 31.0 Å². The molecule has 14 heteroatoms. The largest absolute Gasteiger partial charge is 0.313 e. The third-order valence-electron chi connectivity index (χ3n) is 8.71. The Morgan fingerprint density at radius 1 is 0.978 bits per heavy atom. The first-order chi connectivity index (χ1) is 21.5. The number of rotatable bonds is 7. The summed E-state index contributed by atoms with van der Waals surface area (Å²) in [5.74, 6) is -8.16. The molecule has 2 aromatic heterocycles. The van der Waals surface area contributed by atoms with E-state index in [1.54, 1.807) is 12.3 Å². The van der Waals surface area contributed by atoms with Gasteiger partial charge in [-0.05, 0) is 61.9 Å². The molecule has 236 valence electrons. The van der Waals surface area contributed by atoms with Gasteiger partial charge in [0.05, 0.1) is 29.5 Å². The second kappa shape index (κ2) is 12.0. The van der Waals surface area contributed by atoms with Gasteiger partial charge in [-0.3, -0.25) is 14.6 Å². The second-order valence-corrected chi connectivity index (χ2v) is 13.2. The van der Waals surface area contributed by atoms with Gasteiger partial charge in [0.2, 0.25) is 15.9 Å². The Labute approximate surface area is 256 Å². The summed E-state index contributed by atoms with van der Waals surface area (Å²) in [6.45, 7) is 0.355. The number of anilines is 1. The van der Waals surface area contributed by atoms with Crippen molar-refractivity contribution < 1.29 is 30.8 Å². The zero-order chi connectivity index (χ0) is 32.0. The van der Waals surface area contributed by atoms with Gasteiger partial charge in [-0.1, -0.05) is 25.3 Å². The van der Waals surface area contributed by atoms with Crippen LogP contribution in [0.1, 0.15) is 61.3 Å². The molecule has 1 saturated carbocycles. The number of carbonyl (C=O) groups is 1. The molecule has 1 aliphatic carbocycles. The maximum atomic E-state index is 14.8. The fraction of sp³-hybridized carbons (Fsp3) is 0.355. The second-order valence-electron chi connectivity index (χ2n) is 11.4. The number of halogens is 4. The minimum Gasteiger partial charge on any atom is -0.313 e. The van der Waals surface area contributed by atoms with Crippen molar-refractivity contribution in [2.24, 2.45) is 0 Å². The molecule has 6 rings (SSSR count). The molecule has 2 aromatic carbocycles. The zero-order valence-corrected chi connectivity index (χ0v) is 25.0. The first kappa shape index (κ1) is 30.8. The van der Waals surface area contributed by atoms with Crippen LogP contribution in [-0.4, -0.2) is 46.2 Å². The molecule has 0 radical (unpaired) electrons. The average Bonchev–Trinajstić information content (AvgIpc) is 3.01. The fourth-order valence-corrected chi connectivity index (χ4v) is 7.78. The van der Waals surface area contributed by atoms with E-state index in [-0.39, 0.29) is 36.1 Å². The monoisotopic (exact) mass is 643 g/mol. The molecule has 2 aliphatic rings. The minimum absolute atomic E-state index is 0.0197. The summed E-state index contributed by atoms with van der Waals surface area (Å²) in [6, 6.07) is 6.75. The summed E-state index contributed by atoms with van der Waals surface area (Å²) >= 11 is 0. The van der Waals surface area contributed by atoms with Crippen LogP contribution in [0.4, 0.5) is 23.2 Å². The van der Waals surface area contributed by atoms with Crippen LogP contribution in [0.25, 0.3) is 10.9 Å². The smallest absolute Gasteiger partial charge is 0.258 e. The molecule has 0 unspecified atom stereocenters. The number of nitrogens with one attached hydrogen (secondary N) is 1. The number of nitrogens with zero attached hydrogens (tertiary/aromatic N) is 4. The molecule has 1 aliphatic heterocycles. The van der Waals surface area contributed by atoms with E-state index in [0.29, 0.717) is 15.9 Å². The Balaban J connectivity index is 1.35. The normalized spacial score (nSPS) is 17.8. The topological polar surface area (TPSA) is 116 Å². The lowest BCUT2D eigenvalue weighted by Crippen LogP contribution is -2.59. The number of H-pyrrole nitrogens is 1. The van der Waals surface area contributed by atoms with Crippen molar-refractivity contribution in [1.29, 1.82) is 0 Å². The minimum atomic E-state index is -5.18.